The maximum absolute atomic E-state index is 9.57. The van der Waals surface area contributed by atoms with Crippen LogP contribution < -0.4 is 5.73 Å². The molecule has 0 aromatic heterocycles. The number of carboxylic acid groups (broad SMARTS) is 1. The maximum atomic E-state index is 9.57. The Kier molecular flexibility index (Phi) is 1.67. The van der Waals surface area contributed by atoms with E-state index < -0.39 is 11.9 Å². The van der Waals surface area contributed by atoms with E-state index >= 15 is 0 Å². The lowest BCUT2D eigenvalue weighted by molar-refractivity contribution is -0.136. The number of hydrogen-bond donors (Lipinski definition) is 2. The maximum Gasteiger partial charge on any atom is 0.311 e. The smallest absolute Gasteiger partial charge is 0.311 e. The van der Waals surface area contributed by atoms with Crippen molar-refractivity contribution in [2.45, 2.75) is 5.94 Å². The van der Waals surface area contributed by atoms with Crippen molar-refractivity contribution < 1.29 is 9.90 Å². The molecule has 0 saturated carbocycles. The summed E-state index contributed by atoms with van der Waals surface area (Å²) in [6.45, 7) is 0. The molecule has 0 bridgehead atoms. The van der Waals surface area contributed by atoms with Crippen LogP contribution in [0.15, 0.2) is 0 Å². The Balaban J connectivity index is 3.26. The van der Waals surface area contributed by atoms with Crippen LogP contribution in [0.1, 0.15) is 0 Å². The Bertz CT molecular complexity index is 62.6. The first-order chi connectivity index (χ1) is 2.64. The number of carbonyl (C=O) groups is 1. The minimum atomic E-state index is -0.963. The van der Waals surface area contributed by atoms with E-state index in [2.05, 4.69) is 0 Å². The van der Waals surface area contributed by atoms with Crippen LogP contribution in [0.3, 0.4) is 0 Å². The fourth-order valence-electron chi connectivity index (χ4n) is 0. The fraction of sp³-hybridized carbons (Fsp3) is 0.500. The standard InChI is InChI=1S/C2H6BNO2/c3-1(4)2(5)6/h1H,3-4H2,(H,5,6)/t1-/m1/s1. The highest BCUT2D eigenvalue weighted by Gasteiger charge is 1.99. The SMILES string of the molecule is B[C@H](N)C(=O)O. The van der Waals surface area contributed by atoms with Crippen molar-refractivity contribution in [2.75, 3.05) is 0 Å². The molecule has 34 valence electrons. The first-order valence-electron chi connectivity index (χ1n) is 1.63. The van der Waals surface area contributed by atoms with E-state index in [0.717, 1.165) is 0 Å². The molecule has 0 aromatic carbocycles. The van der Waals surface area contributed by atoms with Crippen molar-refractivity contribution in [3.8, 4) is 0 Å². The van der Waals surface area contributed by atoms with Crippen LogP contribution in [-0.4, -0.2) is 24.9 Å². The fourth-order valence-corrected chi connectivity index (χ4v) is 0. The summed E-state index contributed by atoms with van der Waals surface area (Å²) < 4.78 is 0. The lowest BCUT2D eigenvalue weighted by atomic mass is 9.99. The average Bonchev–Trinajstić information content (AvgIpc) is 1.36. The molecule has 0 aliphatic rings. The summed E-state index contributed by atoms with van der Waals surface area (Å²) in [5.41, 5.74) is 4.84. The predicted molar refractivity (Wildman–Crippen MR) is 24.2 cm³/mol. The van der Waals surface area contributed by atoms with Gasteiger partial charge in [-0.15, -0.1) is 0 Å². The summed E-state index contributed by atoms with van der Waals surface area (Å²) in [7, 11) is 1.42. The van der Waals surface area contributed by atoms with Gasteiger partial charge in [0.05, 0.1) is 5.94 Å². The van der Waals surface area contributed by atoms with Crippen LogP contribution in [0.25, 0.3) is 0 Å². The van der Waals surface area contributed by atoms with E-state index in [4.69, 9.17) is 10.8 Å². The van der Waals surface area contributed by atoms with Crippen molar-refractivity contribution in [2.24, 2.45) is 5.73 Å². The number of carboxylic acids is 1. The number of nitrogens with two attached hydrogens (primary N) is 1. The monoisotopic (exact) mass is 87.0 g/mol. The van der Waals surface area contributed by atoms with Gasteiger partial charge < -0.3 is 10.8 Å². The molecule has 1 atom stereocenters. The molecule has 0 amide bonds. The molecule has 0 saturated heterocycles. The first-order valence-corrected chi connectivity index (χ1v) is 1.63. The quantitative estimate of drug-likeness (QED) is 0.363. The second kappa shape index (κ2) is 1.82. The lowest BCUT2D eigenvalue weighted by Gasteiger charge is -1.89. The minimum Gasteiger partial charge on any atom is -0.481 e. The molecule has 0 heterocycles. The third kappa shape index (κ3) is 1.78. The normalized spacial score (nSPS) is 13.5. The van der Waals surface area contributed by atoms with Crippen LogP contribution in [0.4, 0.5) is 0 Å². The van der Waals surface area contributed by atoms with Gasteiger partial charge in [0.15, 0.2) is 0 Å². The van der Waals surface area contributed by atoms with Crippen LogP contribution >= 0.6 is 0 Å². The summed E-state index contributed by atoms with van der Waals surface area (Å²) >= 11 is 0. The average molecular weight is 86.9 g/mol. The molecule has 0 aromatic rings. The number of aliphatic carboxylic acids is 1. The predicted octanol–water partition coefficient (Wildman–Crippen LogP) is -2.01. The van der Waals surface area contributed by atoms with Crippen LogP contribution in [0, 0.1) is 0 Å². The van der Waals surface area contributed by atoms with Gasteiger partial charge in [-0.1, -0.05) is 0 Å². The topological polar surface area (TPSA) is 63.3 Å². The number of rotatable bonds is 1. The van der Waals surface area contributed by atoms with Gasteiger partial charge in [0, 0.05) is 0 Å². The Morgan fingerprint density at radius 2 is 2.17 bits per heavy atom. The number of hydrogen-bond acceptors (Lipinski definition) is 2. The van der Waals surface area contributed by atoms with Crippen molar-refractivity contribution in [3.05, 3.63) is 0 Å². The first kappa shape index (κ1) is 5.49. The van der Waals surface area contributed by atoms with E-state index in [-0.39, 0.29) is 0 Å². The van der Waals surface area contributed by atoms with Crippen LogP contribution in [-0.2, 0) is 4.79 Å². The summed E-state index contributed by atoms with van der Waals surface area (Å²) in [6.07, 6.45) is 0. The van der Waals surface area contributed by atoms with E-state index in [1.54, 1.807) is 0 Å². The van der Waals surface area contributed by atoms with E-state index in [9.17, 15) is 4.79 Å². The molecule has 0 spiro atoms. The molecule has 0 unspecified atom stereocenters. The molecule has 0 radical (unpaired) electrons. The van der Waals surface area contributed by atoms with Crippen LogP contribution in [0.2, 0.25) is 0 Å². The summed E-state index contributed by atoms with van der Waals surface area (Å²) in [4.78, 5) is 9.57. The van der Waals surface area contributed by atoms with E-state index in [0.29, 0.717) is 0 Å². The van der Waals surface area contributed by atoms with Gasteiger partial charge in [-0.3, -0.25) is 4.79 Å². The zero-order valence-electron chi connectivity index (χ0n) is 3.51. The zero-order valence-corrected chi connectivity index (χ0v) is 3.51. The van der Waals surface area contributed by atoms with Gasteiger partial charge in [-0.05, 0) is 0 Å². The molecule has 6 heavy (non-hydrogen) atoms. The summed E-state index contributed by atoms with van der Waals surface area (Å²) in [5, 5.41) is 7.87. The van der Waals surface area contributed by atoms with Gasteiger partial charge in [0.25, 0.3) is 0 Å². The molecular weight excluding hydrogens is 80.8 g/mol. The highest BCUT2D eigenvalue weighted by molar-refractivity contribution is 6.22. The Hall–Kier alpha value is -0.505. The molecule has 3 nitrogen and oxygen atoms in total. The van der Waals surface area contributed by atoms with Gasteiger partial charge in [-0.25, -0.2) is 0 Å². The minimum absolute atomic E-state index is 0.731. The van der Waals surface area contributed by atoms with E-state index in [1.165, 1.54) is 7.85 Å². The molecule has 0 aliphatic carbocycles. The van der Waals surface area contributed by atoms with Crippen molar-refractivity contribution >= 4 is 13.8 Å². The third-order valence-corrected chi connectivity index (χ3v) is 0.390. The Morgan fingerprint density at radius 3 is 2.17 bits per heavy atom. The molecular formula is C2H6BNO2. The Morgan fingerprint density at radius 1 is 2.00 bits per heavy atom. The van der Waals surface area contributed by atoms with Gasteiger partial charge >= 0.3 is 5.97 Å². The van der Waals surface area contributed by atoms with Crippen molar-refractivity contribution in [3.63, 3.8) is 0 Å². The third-order valence-electron chi connectivity index (χ3n) is 0.390. The second-order valence-corrected chi connectivity index (χ2v) is 1.13. The largest absolute Gasteiger partial charge is 0.481 e. The van der Waals surface area contributed by atoms with Crippen LogP contribution in [0.5, 0.6) is 0 Å². The van der Waals surface area contributed by atoms with Crippen molar-refractivity contribution in [1.29, 1.82) is 0 Å². The molecule has 3 N–H and O–H groups in total. The molecule has 0 fully saturated rings. The zero-order chi connectivity index (χ0) is 5.15. The molecule has 4 heteroatoms. The molecule has 0 rings (SSSR count). The second-order valence-electron chi connectivity index (χ2n) is 1.13. The van der Waals surface area contributed by atoms with Gasteiger partial charge in [0.1, 0.15) is 7.85 Å². The van der Waals surface area contributed by atoms with Crippen molar-refractivity contribution in [1.82, 2.24) is 0 Å². The lowest BCUT2D eigenvalue weighted by Crippen LogP contribution is -2.29. The van der Waals surface area contributed by atoms with Gasteiger partial charge in [0.2, 0.25) is 0 Å². The van der Waals surface area contributed by atoms with E-state index in [1.807, 2.05) is 0 Å². The van der Waals surface area contributed by atoms with Gasteiger partial charge in [-0.2, -0.15) is 0 Å². The highest BCUT2D eigenvalue weighted by Crippen LogP contribution is 1.61. The summed E-state index contributed by atoms with van der Waals surface area (Å²) in [6, 6.07) is 0. The highest BCUT2D eigenvalue weighted by atomic mass is 16.4. The Labute approximate surface area is 36.6 Å². The molecule has 0 aliphatic heterocycles. The summed E-state index contributed by atoms with van der Waals surface area (Å²) in [5.74, 6) is -1.69.